The normalized spacial score (nSPS) is 15.7. The van der Waals surface area contributed by atoms with Crippen LogP contribution in [-0.4, -0.2) is 33.6 Å². The average Bonchev–Trinajstić information content (AvgIpc) is 3.24. The zero-order chi connectivity index (χ0) is 24.4. The fraction of sp³-hybridized carbons (Fsp3) is 0.360. The molecule has 182 valence electrons. The van der Waals surface area contributed by atoms with Gasteiger partial charge in [-0.05, 0) is 24.6 Å². The number of rotatable bonds is 7. The molecule has 5 rings (SSSR count). The fourth-order valence-electron chi connectivity index (χ4n) is 4.13. The standard InChI is InChI=1S/C25H25BrN4O4S/c1-3-4-5-8-11-35-25-27-23-22(28-29-25)16-9-6-7-10-19(16)30(15(2)31)24(34-23)17-12-20-21(13-18(17)26)33-14-32-20/h6-7,9-10,12-13,24H,3-5,8,11,14H2,1-2H3/t24-/m0/s1. The first kappa shape index (κ1) is 23.9. The number of halogens is 1. The molecule has 3 heterocycles. The van der Waals surface area contributed by atoms with Gasteiger partial charge in [-0.2, -0.15) is 4.98 Å². The molecule has 0 bridgehead atoms. The molecular weight excluding hydrogens is 532 g/mol. The van der Waals surface area contributed by atoms with Gasteiger partial charge in [-0.25, -0.2) is 0 Å². The zero-order valence-corrected chi connectivity index (χ0v) is 21.9. The van der Waals surface area contributed by atoms with Gasteiger partial charge >= 0.3 is 0 Å². The largest absolute Gasteiger partial charge is 0.454 e. The molecule has 1 amide bonds. The number of benzene rings is 2. The van der Waals surface area contributed by atoms with Gasteiger partial charge in [0, 0.05) is 28.3 Å². The minimum Gasteiger partial charge on any atom is -0.454 e. The highest BCUT2D eigenvalue weighted by molar-refractivity contribution is 9.10. The Morgan fingerprint density at radius 1 is 1.14 bits per heavy atom. The Labute approximate surface area is 216 Å². The first-order valence-electron chi connectivity index (χ1n) is 11.6. The average molecular weight is 557 g/mol. The number of nitrogens with zero attached hydrogens (tertiary/aromatic N) is 4. The summed E-state index contributed by atoms with van der Waals surface area (Å²) in [5, 5.41) is 9.39. The fourth-order valence-corrected chi connectivity index (χ4v) is 5.43. The zero-order valence-electron chi connectivity index (χ0n) is 19.5. The monoisotopic (exact) mass is 556 g/mol. The van der Waals surface area contributed by atoms with Crippen molar-refractivity contribution in [3.63, 3.8) is 0 Å². The van der Waals surface area contributed by atoms with Gasteiger partial charge in [0.05, 0.1) is 5.69 Å². The Kier molecular flexibility index (Phi) is 7.10. The number of carbonyl (C=O) groups excluding carboxylic acids is 1. The number of hydrogen-bond acceptors (Lipinski definition) is 8. The summed E-state index contributed by atoms with van der Waals surface area (Å²) in [5.41, 5.74) is 2.61. The summed E-state index contributed by atoms with van der Waals surface area (Å²) < 4.78 is 18.3. The van der Waals surface area contributed by atoms with E-state index in [4.69, 9.17) is 19.2 Å². The van der Waals surface area contributed by atoms with Crippen LogP contribution in [0.4, 0.5) is 5.69 Å². The maximum atomic E-state index is 13.0. The smallest absolute Gasteiger partial charge is 0.247 e. The van der Waals surface area contributed by atoms with Gasteiger partial charge in [0.25, 0.3) is 0 Å². The summed E-state index contributed by atoms with van der Waals surface area (Å²) in [6.45, 7) is 3.86. The number of carbonyl (C=O) groups is 1. The lowest BCUT2D eigenvalue weighted by atomic mass is 10.1. The van der Waals surface area contributed by atoms with E-state index in [-0.39, 0.29) is 12.7 Å². The number of para-hydroxylation sites is 1. The van der Waals surface area contributed by atoms with Crippen molar-refractivity contribution < 1.29 is 19.0 Å². The summed E-state index contributed by atoms with van der Waals surface area (Å²) in [5.74, 6) is 2.29. The van der Waals surface area contributed by atoms with Crippen LogP contribution in [0.3, 0.4) is 0 Å². The van der Waals surface area contributed by atoms with E-state index >= 15 is 0 Å². The maximum Gasteiger partial charge on any atom is 0.247 e. The molecule has 2 aromatic carbocycles. The van der Waals surface area contributed by atoms with Crippen molar-refractivity contribution in [2.75, 3.05) is 17.4 Å². The summed E-state index contributed by atoms with van der Waals surface area (Å²) in [6, 6.07) is 11.2. The van der Waals surface area contributed by atoms with Gasteiger partial charge in [0.15, 0.2) is 17.2 Å². The molecule has 0 unspecified atom stereocenters. The molecule has 0 saturated carbocycles. The third-order valence-electron chi connectivity index (χ3n) is 5.84. The summed E-state index contributed by atoms with van der Waals surface area (Å²) in [7, 11) is 0. The Hall–Kier alpha value is -2.85. The van der Waals surface area contributed by atoms with Gasteiger partial charge in [-0.15, -0.1) is 10.2 Å². The lowest BCUT2D eigenvalue weighted by Gasteiger charge is -2.30. The highest BCUT2D eigenvalue weighted by Gasteiger charge is 2.36. The lowest BCUT2D eigenvalue weighted by molar-refractivity contribution is -0.118. The van der Waals surface area contributed by atoms with Crippen LogP contribution in [0.5, 0.6) is 17.4 Å². The SMILES string of the molecule is CCCCCCSc1nnc2c(n1)O[C@@H](c1cc3c(cc1Br)OCO3)N(C(C)=O)c1ccccc1-2. The molecule has 2 aliphatic heterocycles. The van der Waals surface area contributed by atoms with Gasteiger partial charge in [0.2, 0.25) is 30.0 Å². The molecular formula is C25H25BrN4O4S. The number of ether oxygens (including phenoxy) is 3. The van der Waals surface area contributed by atoms with Crippen LogP contribution in [0.2, 0.25) is 0 Å². The Bertz CT molecular complexity index is 1260. The first-order valence-corrected chi connectivity index (χ1v) is 13.4. The van der Waals surface area contributed by atoms with E-state index in [1.165, 1.54) is 26.2 Å². The van der Waals surface area contributed by atoms with Crippen molar-refractivity contribution >= 4 is 39.3 Å². The Balaban J connectivity index is 1.57. The summed E-state index contributed by atoms with van der Waals surface area (Å²) >= 11 is 5.20. The van der Waals surface area contributed by atoms with Crippen molar-refractivity contribution in [3.8, 4) is 28.6 Å². The molecule has 0 N–H and O–H groups in total. The van der Waals surface area contributed by atoms with Crippen molar-refractivity contribution in [2.24, 2.45) is 0 Å². The second-order valence-corrected chi connectivity index (χ2v) is 10.2. The second-order valence-electron chi connectivity index (χ2n) is 8.26. The molecule has 10 heteroatoms. The van der Waals surface area contributed by atoms with Gasteiger partial charge in [-0.3, -0.25) is 9.69 Å². The highest BCUT2D eigenvalue weighted by Crippen LogP contribution is 2.47. The molecule has 1 aromatic heterocycles. The quantitative estimate of drug-likeness (QED) is 0.253. The number of hydrogen-bond donors (Lipinski definition) is 0. The number of anilines is 1. The number of amides is 1. The second kappa shape index (κ2) is 10.4. The number of thioether (sulfide) groups is 1. The topological polar surface area (TPSA) is 86.7 Å². The molecule has 0 aliphatic carbocycles. The molecule has 1 atom stereocenters. The van der Waals surface area contributed by atoms with Crippen LogP contribution in [0.25, 0.3) is 11.3 Å². The van der Waals surface area contributed by atoms with E-state index in [1.54, 1.807) is 16.7 Å². The van der Waals surface area contributed by atoms with E-state index in [9.17, 15) is 4.79 Å². The number of fused-ring (bicyclic) bond motifs is 4. The predicted molar refractivity (Wildman–Crippen MR) is 137 cm³/mol. The minimum atomic E-state index is -0.808. The molecule has 0 fully saturated rings. The van der Waals surface area contributed by atoms with Gasteiger partial charge < -0.3 is 14.2 Å². The van der Waals surface area contributed by atoms with Crippen LogP contribution in [0.1, 0.15) is 51.3 Å². The van der Waals surface area contributed by atoms with E-state index < -0.39 is 6.23 Å². The molecule has 8 nitrogen and oxygen atoms in total. The minimum absolute atomic E-state index is 0.148. The predicted octanol–water partition coefficient (Wildman–Crippen LogP) is 6.15. The highest BCUT2D eigenvalue weighted by atomic mass is 79.9. The molecule has 2 aliphatic rings. The number of unbranched alkanes of at least 4 members (excludes halogenated alkanes) is 3. The van der Waals surface area contributed by atoms with E-state index in [1.807, 2.05) is 36.4 Å². The van der Waals surface area contributed by atoms with Crippen LogP contribution in [0, 0.1) is 0 Å². The maximum absolute atomic E-state index is 13.0. The summed E-state index contributed by atoms with van der Waals surface area (Å²) in [4.78, 5) is 19.3. The van der Waals surface area contributed by atoms with Crippen LogP contribution >= 0.6 is 27.7 Å². The lowest BCUT2D eigenvalue weighted by Crippen LogP contribution is -2.36. The first-order chi connectivity index (χ1) is 17.1. The van der Waals surface area contributed by atoms with Crippen LogP contribution < -0.4 is 19.1 Å². The van der Waals surface area contributed by atoms with Crippen molar-refractivity contribution in [1.82, 2.24) is 15.2 Å². The van der Waals surface area contributed by atoms with E-state index in [2.05, 4.69) is 33.1 Å². The van der Waals surface area contributed by atoms with Crippen molar-refractivity contribution in [2.45, 2.75) is 50.9 Å². The molecule has 35 heavy (non-hydrogen) atoms. The molecule has 0 saturated heterocycles. The van der Waals surface area contributed by atoms with Crippen LogP contribution in [0.15, 0.2) is 46.0 Å². The van der Waals surface area contributed by atoms with Crippen molar-refractivity contribution in [3.05, 3.63) is 46.4 Å². The van der Waals surface area contributed by atoms with Gasteiger partial charge in [0.1, 0.15) is 0 Å². The van der Waals surface area contributed by atoms with Crippen molar-refractivity contribution in [1.29, 1.82) is 0 Å². The number of aromatic nitrogens is 3. The molecule has 0 radical (unpaired) electrons. The Morgan fingerprint density at radius 2 is 1.94 bits per heavy atom. The summed E-state index contributed by atoms with van der Waals surface area (Å²) in [6.07, 6.45) is 3.88. The van der Waals surface area contributed by atoms with Crippen LogP contribution in [-0.2, 0) is 4.79 Å². The van der Waals surface area contributed by atoms with Gasteiger partial charge in [-0.1, -0.05) is 72.1 Å². The van der Waals surface area contributed by atoms with E-state index in [0.29, 0.717) is 39.5 Å². The molecule has 3 aromatic rings. The molecule has 0 spiro atoms. The Morgan fingerprint density at radius 3 is 2.74 bits per heavy atom. The third kappa shape index (κ3) is 4.81. The van der Waals surface area contributed by atoms with E-state index in [0.717, 1.165) is 22.2 Å². The third-order valence-corrected chi connectivity index (χ3v) is 7.45.